The molecule has 9 nitrogen and oxygen atoms in total. The molecule has 1 unspecified atom stereocenters. The van der Waals surface area contributed by atoms with E-state index in [1.165, 1.54) is 4.90 Å². The van der Waals surface area contributed by atoms with Gasteiger partial charge >= 0.3 is 6.09 Å². The molecule has 0 aliphatic carbocycles. The second-order valence-corrected chi connectivity index (χ2v) is 9.53. The van der Waals surface area contributed by atoms with Gasteiger partial charge in [0.2, 0.25) is 11.8 Å². The average Bonchev–Trinajstić information content (AvgIpc) is 3.07. The predicted octanol–water partition coefficient (Wildman–Crippen LogP) is 3.44. The van der Waals surface area contributed by atoms with Gasteiger partial charge in [-0.2, -0.15) is 0 Å². The number of amides is 2. The summed E-state index contributed by atoms with van der Waals surface area (Å²) in [4.78, 5) is 26.2. The molecule has 3 heterocycles. The van der Waals surface area contributed by atoms with E-state index < -0.39 is 23.2 Å². The first-order chi connectivity index (χ1) is 14.0. The Labute approximate surface area is 177 Å². The molecule has 2 atom stereocenters. The van der Waals surface area contributed by atoms with Crippen LogP contribution in [0.25, 0.3) is 0 Å². The standard InChI is InChI=1S/C21H33N3O6/c1-20(2,3)29-19(26)24-10-9-14(24)18(25)22-16-12-15(23-30-16)21(4,5)13-28-17-8-6-7-11-27-17/h12,14,17H,6-11,13H2,1-5H3,(H,22,25)/t14-,17?/m0/s1. The minimum atomic E-state index is -0.607. The summed E-state index contributed by atoms with van der Waals surface area (Å²) in [6.07, 6.45) is 2.98. The highest BCUT2D eigenvalue weighted by molar-refractivity contribution is 5.96. The summed E-state index contributed by atoms with van der Waals surface area (Å²) in [7, 11) is 0. The van der Waals surface area contributed by atoms with E-state index in [4.69, 9.17) is 18.7 Å². The zero-order chi connectivity index (χ0) is 21.9. The highest BCUT2D eigenvalue weighted by Gasteiger charge is 2.40. The number of likely N-dealkylation sites (tertiary alicyclic amines) is 1. The van der Waals surface area contributed by atoms with E-state index in [1.54, 1.807) is 26.8 Å². The Kier molecular flexibility index (Phi) is 6.71. The molecule has 1 N–H and O–H groups in total. The fraction of sp³-hybridized carbons (Fsp3) is 0.762. The van der Waals surface area contributed by atoms with Crippen LogP contribution < -0.4 is 5.32 Å². The van der Waals surface area contributed by atoms with Crippen LogP contribution in [0.1, 0.15) is 66.0 Å². The Morgan fingerprint density at radius 3 is 2.60 bits per heavy atom. The monoisotopic (exact) mass is 423 g/mol. The number of ether oxygens (including phenoxy) is 3. The summed E-state index contributed by atoms with van der Waals surface area (Å²) >= 11 is 0. The van der Waals surface area contributed by atoms with Crippen LogP contribution in [0.2, 0.25) is 0 Å². The smallest absolute Gasteiger partial charge is 0.410 e. The maximum Gasteiger partial charge on any atom is 0.410 e. The fourth-order valence-corrected chi connectivity index (χ4v) is 3.27. The average molecular weight is 424 g/mol. The van der Waals surface area contributed by atoms with Crippen molar-refractivity contribution in [2.45, 2.75) is 83.6 Å². The van der Waals surface area contributed by atoms with Crippen LogP contribution >= 0.6 is 0 Å². The van der Waals surface area contributed by atoms with Crippen LogP contribution in [0.15, 0.2) is 10.6 Å². The normalized spacial score (nSPS) is 22.4. The molecule has 9 heteroatoms. The number of aromatic nitrogens is 1. The maximum atomic E-state index is 12.6. The summed E-state index contributed by atoms with van der Waals surface area (Å²) in [5.41, 5.74) is -0.345. The van der Waals surface area contributed by atoms with Crippen molar-refractivity contribution >= 4 is 17.9 Å². The first-order valence-electron chi connectivity index (χ1n) is 10.6. The lowest BCUT2D eigenvalue weighted by molar-refractivity contribution is -0.170. The molecule has 2 aliphatic rings. The Bertz CT molecular complexity index is 748. The Morgan fingerprint density at radius 2 is 2.00 bits per heavy atom. The first kappa shape index (κ1) is 22.6. The molecule has 3 rings (SSSR count). The van der Waals surface area contributed by atoms with E-state index in [9.17, 15) is 9.59 Å². The van der Waals surface area contributed by atoms with Gasteiger partial charge in [0.1, 0.15) is 11.6 Å². The first-order valence-corrected chi connectivity index (χ1v) is 10.6. The van der Waals surface area contributed by atoms with E-state index in [2.05, 4.69) is 10.5 Å². The van der Waals surface area contributed by atoms with Crippen molar-refractivity contribution in [1.29, 1.82) is 0 Å². The molecule has 1 aromatic heterocycles. The second kappa shape index (κ2) is 8.93. The molecule has 1 aromatic rings. The van der Waals surface area contributed by atoms with Crippen molar-refractivity contribution < 1.29 is 28.3 Å². The topological polar surface area (TPSA) is 103 Å². The molecule has 2 aliphatic heterocycles. The van der Waals surface area contributed by atoms with E-state index >= 15 is 0 Å². The molecule has 2 fully saturated rings. The molecule has 168 valence electrons. The van der Waals surface area contributed by atoms with Gasteiger partial charge in [-0.15, -0.1) is 0 Å². The largest absolute Gasteiger partial charge is 0.444 e. The fourth-order valence-electron chi connectivity index (χ4n) is 3.27. The summed E-state index contributed by atoms with van der Waals surface area (Å²) < 4.78 is 22.1. The quantitative estimate of drug-likeness (QED) is 0.747. The lowest BCUT2D eigenvalue weighted by Crippen LogP contribution is -2.57. The molecular formula is C21H33N3O6. The van der Waals surface area contributed by atoms with Crippen molar-refractivity contribution in [3.8, 4) is 0 Å². The Balaban J connectivity index is 1.53. The van der Waals surface area contributed by atoms with E-state index in [0.717, 1.165) is 25.9 Å². The Hall–Kier alpha value is -2.13. The maximum absolute atomic E-state index is 12.6. The summed E-state index contributed by atoms with van der Waals surface area (Å²) in [5, 5.41) is 6.80. The SMILES string of the molecule is CC(C)(C)OC(=O)N1CC[C@H]1C(=O)Nc1cc(C(C)(C)COC2CCCCO2)no1. The molecule has 0 radical (unpaired) electrons. The molecule has 0 saturated carbocycles. The second-order valence-electron chi connectivity index (χ2n) is 9.53. The molecular weight excluding hydrogens is 390 g/mol. The van der Waals surface area contributed by atoms with E-state index in [0.29, 0.717) is 25.3 Å². The lowest BCUT2D eigenvalue weighted by atomic mass is 9.90. The molecule has 0 bridgehead atoms. The van der Waals surface area contributed by atoms with Gasteiger partial charge in [-0.3, -0.25) is 15.0 Å². The molecule has 30 heavy (non-hydrogen) atoms. The summed E-state index contributed by atoms with van der Waals surface area (Å²) in [6.45, 7) is 11.0. The molecule has 2 saturated heterocycles. The highest BCUT2D eigenvalue weighted by Crippen LogP contribution is 2.28. The number of carbonyl (C=O) groups is 2. The summed E-state index contributed by atoms with van der Waals surface area (Å²) in [5.74, 6) is -0.0764. The Morgan fingerprint density at radius 1 is 1.23 bits per heavy atom. The van der Waals surface area contributed by atoms with E-state index in [1.807, 2.05) is 13.8 Å². The van der Waals surface area contributed by atoms with Gasteiger partial charge in [0, 0.05) is 24.6 Å². The number of hydrogen-bond acceptors (Lipinski definition) is 7. The van der Waals surface area contributed by atoms with Crippen LogP contribution in [0.3, 0.4) is 0 Å². The number of rotatable bonds is 6. The van der Waals surface area contributed by atoms with Gasteiger partial charge in [-0.05, 0) is 46.5 Å². The minimum absolute atomic E-state index is 0.179. The van der Waals surface area contributed by atoms with Crippen molar-refractivity contribution in [2.75, 3.05) is 25.1 Å². The molecule has 0 spiro atoms. The van der Waals surface area contributed by atoms with Gasteiger partial charge in [-0.1, -0.05) is 19.0 Å². The van der Waals surface area contributed by atoms with Gasteiger partial charge in [0.25, 0.3) is 0 Å². The zero-order valence-corrected chi connectivity index (χ0v) is 18.5. The van der Waals surface area contributed by atoms with Crippen molar-refractivity contribution in [3.05, 3.63) is 11.8 Å². The van der Waals surface area contributed by atoms with Crippen LogP contribution in [0, 0.1) is 0 Å². The van der Waals surface area contributed by atoms with Crippen LogP contribution in [-0.4, -0.2) is 59.7 Å². The van der Waals surface area contributed by atoms with Crippen LogP contribution in [0.4, 0.5) is 10.7 Å². The third kappa shape index (κ3) is 5.72. The van der Waals surface area contributed by atoms with E-state index in [-0.39, 0.29) is 18.1 Å². The molecule has 2 amide bonds. The lowest BCUT2D eigenvalue weighted by Gasteiger charge is -2.39. The number of carbonyl (C=O) groups excluding carboxylic acids is 2. The zero-order valence-electron chi connectivity index (χ0n) is 18.5. The van der Waals surface area contributed by atoms with Crippen molar-refractivity contribution in [2.24, 2.45) is 0 Å². The number of nitrogens with zero attached hydrogens (tertiary/aromatic N) is 2. The third-order valence-electron chi connectivity index (χ3n) is 5.17. The number of hydrogen-bond donors (Lipinski definition) is 1. The van der Waals surface area contributed by atoms with Crippen LogP contribution in [-0.2, 0) is 24.4 Å². The minimum Gasteiger partial charge on any atom is -0.444 e. The van der Waals surface area contributed by atoms with Crippen molar-refractivity contribution in [1.82, 2.24) is 10.1 Å². The number of nitrogens with one attached hydrogen (secondary N) is 1. The van der Waals surface area contributed by atoms with Gasteiger partial charge in [0.15, 0.2) is 6.29 Å². The molecule has 0 aromatic carbocycles. The summed E-state index contributed by atoms with van der Waals surface area (Å²) in [6, 6.07) is 1.12. The van der Waals surface area contributed by atoms with Crippen LogP contribution in [0.5, 0.6) is 0 Å². The number of anilines is 1. The van der Waals surface area contributed by atoms with Gasteiger partial charge in [-0.25, -0.2) is 4.79 Å². The highest BCUT2D eigenvalue weighted by atomic mass is 16.7. The van der Waals surface area contributed by atoms with Crippen molar-refractivity contribution in [3.63, 3.8) is 0 Å². The van der Waals surface area contributed by atoms with Gasteiger partial charge < -0.3 is 18.7 Å². The van der Waals surface area contributed by atoms with Gasteiger partial charge in [0.05, 0.1) is 12.3 Å². The third-order valence-corrected chi connectivity index (χ3v) is 5.17. The predicted molar refractivity (Wildman–Crippen MR) is 109 cm³/mol.